The van der Waals surface area contributed by atoms with Crippen LogP contribution in [-0.4, -0.2) is 56.4 Å². The number of sulfonamides is 1. The highest BCUT2D eigenvalue weighted by Gasteiger charge is 2.22. The van der Waals surface area contributed by atoms with Crippen molar-refractivity contribution in [3.63, 3.8) is 0 Å². The third kappa shape index (κ3) is 4.21. The SMILES string of the molecule is CN(C)CCCN(C)S(=O)(=O)c1cc(CCl)n(C)c1. The molecule has 1 aromatic rings. The molecule has 110 valence electrons. The van der Waals surface area contributed by atoms with Gasteiger partial charge in [-0.15, -0.1) is 11.6 Å². The first-order chi connectivity index (χ1) is 8.78. The molecule has 0 aliphatic carbocycles. The van der Waals surface area contributed by atoms with Crippen molar-refractivity contribution >= 4 is 21.6 Å². The van der Waals surface area contributed by atoms with Crippen LogP contribution >= 0.6 is 11.6 Å². The largest absolute Gasteiger partial charge is 0.352 e. The third-order valence-corrected chi connectivity index (χ3v) is 5.10. The fourth-order valence-corrected chi connectivity index (χ4v) is 3.33. The number of aryl methyl sites for hydroxylation is 1. The highest BCUT2D eigenvalue weighted by Crippen LogP contribution is 2.18. The second kappa shape index (κ2) is 6.74. The molecule has 0 N–H and O–H groups in total. The smallest absolute Gasteiger partial charge is 0.244 e. The van der Waals surface area contributed by atoms with E-state index in [4.69, 9.17) is 11.6 Å². The van der Waals surface area contributed by atoms with Gasteiger partial charge in [0.05, 0.1) is 5.88 Å². The highest BCUT2D eigenvalue weighted by atomic mass is 35.5. The van der Waals surface area contributed by atoms with Crippen molar-refractivity contribution in [2.45, 2.75) is 17.2 Å². The number of rotatable bonds is 7. The topological polar surface area (TPSA) is 45.6 Å². The maximum Gasteiger partial charge on any atom is 0.244 e. The Bertz CT molecular complexity index is 511. The Morgan fingerprint density at radius 2 is 1.89 bits per heavy atom. The number of halogens is 1. The summed E-state index contributed by atoms with van der Waals surface area (Å²) >= 11 is 5.76. The Balaban J connectivity index is 2.78. The van der Waals surface area contributed by atoms with Crippen LogP contribution in [0.2, 0.25) is 0 Å². The van der Waals surface area contributed by atoms with Gasteiger partial charge in [0.25, 0.3) is 0 Å². The molecule has 0 fully saturated rings. The Kier molecular flexibility index (Phi) is 5.85. The summed E-state index contributed by atoms with van der Waals surface area (Å²) in [7, 11) is 3.93. The first kappa shape index (κ1) is 16.5. The number of alkyl halides is 1. The standard InChI is InChI=1S/C12H22ClN3O2S/c1-14(2)6-5-7-16(4)19(17,18)12-8-11(9-13)15(3)10-12/h8,10H,5-7,9H2,1-4H3. The van der Waals surface area contributed by atoms with Crippen LogP contribution in [0.3, 0.4) is 0 Å². The van der Waals surface area contributed by atoms with E-state index in [2.05, 4.69) is 0 Å². The summed E-state index contributed by atoms with van der Waals surface area (Å²) < 4.78 is 27.8. The monoisotopic (exact) mass is 307 g/mol. The van der Waals surface area contributed by atoms with Gasteiger partial charge in [-0.2, -0.15) is 0 Å². The lowest BCUT2D eigenvalue weighted by Crippen LogP contribution is -2.29. The van der Waals surface area contributed by atoms with Crippen molar-refractivity contribution in [3.05, 3.63) is 18.0 Å². The van der Waals surface area contributed by atoms with Gasteiger partial charge >= 0.3 is 0 Å². The van der Waals surface area contributed by atoms with Gasteiger partial charge in [0.2, 0.25) is 10.0 Å². The van der Waals surface area contributed by atoms with Crippen molar-refractivity contribution in [3.8, 4) is 0 Å². The summed E-state index contributed by atoms with van der Waals surface area (Å²) in [6.07, 6.45) is 2.41. The van der Waals surface area contributed by atoms with E-state index in [-0.39, 0.29) is 0 Å². The quantitative estimate of drug-likeness (QED) is 0.714. The first-order valence-electron chi connectivity index (χ1n) is 6.11. The lowest BCUT2D eigenvalue weighted by Gasteiger charge is -2.17. The van der Waals surface area contributed by atoms with E-state index >= 15 is 0 Å². The highest BCUT2D eigenvalue weighted by molar-refractivity contribution is 7.89. The van der Waals surface area contributed by atoms with Crippen LogP contribution in [-0.2, 0) is 23.0 Å². The van der Waals surface area contributed by atoms with Crippen LogP contribution in [0.5, 0.6) is 0 Å². The van der Waals surface area contributed by atoms with Gasteiger partial charge in [0.15, 0.2) is 0 Å². The summed E-state index contributed by atoms with van der Waals surface area (Å²) in [5.74, 6) is 0.302. The van der Waals surface area contributed by atoms with Gasteiger partial charge in [0.1, 0.15) is 4.90 Å². The van der Waals surface area contributed by atoms with Crippen molar-refractivity contribution in [1.29, 1.82) is 0 Å². The zero-order chi connectivity index (χ0) is 14.6. The van der Waals surface area contributed by atoms with Crippen molar-refractivity contribution in [2.75, 3.05) is 34.2 Å². The number of aromatic nitrogens is 1. The Labute approximate surface area is 120 Å². The molecular formula is C12H22ClN3O2S. The second-order valence-corrected chi connectivity index (χ2v) is 7.21. The molecule has 0 spiro atoms. The van der Waals surface area contributed by atoms with Gasteiger partial charge in [-0.3, -0.25) is 0 Å². The molecule has 7 heteroatoms. The summed E-state index contributed by atoms with van der Waals surface area (Å²) in [6, 6.07) is 1.63. The maximum absolute atomic E-state index is 12.3. The maximum atomic E-state index is 12.3. The first-order valence-corrected chi connectivity index (χ1v) is 8.08. The minimum atomic E-state index is -3.41. The summed E-state index contributed by atoms with van der Waals surface area (Å²) in [5.41, 5.74) is 0.793. The lowest BCUT2D eigenvalue weighted by atomic mass is 10.4. The van der Waals surface area contributed by atoms with Crippen molar-refractivity contribution in [2.24, 2.45) is 7.05 Å². The van der Waals surface area contributed by atoms with E-state index in [1.54, 1.807) is 30.9 Å². The minimum Gasteiger partial charge on any atom is -0.352 e. The number of hydrogen-bond acceptors (Lipinski definition) is 3. The molecule has 1 rings (SSSR count). The molecule has 0 atom stereocenters. The van der Waals surface area contributed by atoms with Gasteiger partial charge < -0.3 is 9.47 Å². The van der Waals surface area contributed by atoms with Crippen LogP contribution in [0.15, 0.2) is 17.2 Å². The predicted octanol–water partition coefficient (Wildman–Crippen LogP) is 1.34. The zero-order valence-electron chi connectivity index (χ0n) is 11.9. The molecule has 0 bridgehead atoms. The van der Waals surface area contributed by atoms with Gasteiger partial charge in [-0.05, 0) is 33.1 Å². The molecule has 19 heavy (non-hydrogen) atoms. The molecule has 0 unspecified atom stereocenters. The van der Waals surface area contributed by atoms with Crippen molar-refractivity contribution in [1.82, 2.24) is 13.8 Å². The average Bonchev–Trinajstić information content (AvgIpc) is 2.70. The molecule has 1 aromatic heterocycles. The second-order valence-electron chi connectivity index (χ2n) is 4.90. The third-order valence-electron chi connectivity index (χ3n) is 3.01. The lowest BCUT2D eigenvalue weighted by molar-refractivity contribution is 0.370. The van der Waals surface area contributed by atoms with E-state index in [0.29, 0.717) is 17.3 Å². The molecule has 1 heterocycles. The van der Waals surface area contributed by atoms with E-state index in [9.17, 15) is 8.42 Å². The fourth-order valence-electron chi connectivity index (χ4n) is 1.76. The molecule has 0 aromatic carbocycles. The Morgan fingerprint density at radius 3 is 2.37 bits per heavy atom. The molecule has 0 aliphatic heterocycles. The van der Waals surface area contributed by atoms with E-state index < -0.39 is 10.0 Å². The fraction of sp³-hybridized carbons (Fsp3) is 0.667. The Morgan fingerprint density at radius 1 is 1.26 bits per heavy atom. The Hall–Kier alpha value is -0.560. The molecule has 0 aliphatic rings. The summed E-state index contributed by atoms with van der Waals surface area (Å²) in [5, 5.41) is 0. The van der Waals surface area contributed by atoms with Crippen molar-refractivity contribution < 1.29 is 8.42 Å². The van der Waals surface area contributed by atoms with Crippen LogP contribution in [0.1, 0.15) is 12.1 Å². The number of hydrogen-bond donors (Lipinski definition) is 0. The molecule has 0 saturated heterocycles. The van der Waals surface area contributed by atoms with Gasteiger partial charge in [-0.1, -0.05) is 0 Å². The molecule has 0 amide bonds. The molecular weight excluding hydrogens is 286 g/mol. The van der Waals surface area contributed by atoms with Gasteiger partial charge in [-0.25, -0.2) is 12.7 Å². The minimum absolute atomic E-state index is 0.302. The summed E-state index contributed by atoms with van der Waals surface area (Å²) in [6.45, 7) is 1.37. The summed E-state index contributed by atoms with van der Waals surface area (Å²) in [4.78, 5) is 2.34. The number of nitrogens with zero attached hydrogens (tertiary/aromatic N) is 3. The van der Waals surface area contributed by atoms with Crippen LogP contribution in [0, 0.1) is 0 Å². The van der Waals surface area contributed by atoms with Gasteiger partial charge in [0, 0.05) is 32.5 Å². The average molecular weight is 308 g/mol. The van der Waals surface area contributed by atoms with E-state index in [1.807, 2.05) is 19.0 Å². The van der Waals surface area contributed by atoms with E-state index in [0.717, 1.165) is 18.7 Å². The van der Waals surface area contributed by atoms with E-state index in [1.165, 1.54) is 4.31 Å². The molecule has 0 radical (unpaired) electrons. The molecule has 0 saturated carbocycles. The van der Waals surface area contributed by atoms with Crippen LogP contribution in [0.25, 0.3) is 0 Å². The zero-order valence-corrected chi connectivity index (χ0v) is 13.5. The van der Waals surface area contributed by atoms with Crippen LogP contribution < -0.4 is 0 Å². The normalized spacial score (nSPS) is 12.6. The molecule has 5 nitrogen and oxygen atoms in total. The predicted molar refractivity (Wildman–Crippen MR) is 78.0 cm³/mol. The van der Waals surface area contributed by atoms with Crippen LogP contribution in [0.4, 0.5) is 0 Å².